The molecule has 50 valence electrons. The first-order valence-corrected chi connectivity index (χ1v) is 2.18. The van der Waals surface area contributed by atoms with Crippen LogP contribution in [0.25, 0.3) is 0 Å². The van der Waals surface area contributed by atoms with Crippen molar-refractivity contribution in [2.24, 2.45) is 0 Å². The van der Waals surface area contributed by atoms with Crippen LogP contribution in [-0.2, 0) is 0 Å². The Hall–Kier alpha value is -0.960. The fraction of sp³-hybridized carbons (Fsp3) is 0. The van der Waals surface area contributed by atoms with Gasteiger partial charge in [0.1, 0.15) is 6.26 Å². The van der Waals surface area contributed by atoms with E-state index in [0.717, 1.165) is 0 Å². The minimum Gasteiger partial charge on any atom is -0.276 e. The third kappa shape index (κ3) is 3.61. The minimum absolute atomic E-state index is 0. The second-order valence-electron chi connectivity index (χ2n) is 1.14. The molecule has 0 spiro atoms. The van der Waals surface area contributed by atoms with Gasteiger partial charge >= 0.3 is 0 Å². The zero-order valence-corrected chi connectivity index (χ0v) is 5.38. The SMILES string of the molecule is Cl.c1ccnoocc1. The Balaban J connectivity index is 0.000000640. The van der Waals surface area contributed by atoms with Gasteiger partial charge in [-0.25, -0.2) is 0 Å². The smallest absolute Gasteiger partial charge is 0.145 e. The number of aromatic nitrogens is 1. The normalized spacial score (nSPS) is 7.11. The summed E-state index contributed by atoms with van der Waals surface area (Å²) in [5.74, 6) is 0. The van der Waals surface area contributed by atoms with Gasteiger partial charge in [0.05, 0.1) is 6.20 Å². The molecule has 0 N–H and O–H groups in total. The summed E-state index contributed by atoms with van der Waals surface area (Å²) < 4.78 is 8.55. The topological polar surface area (TPSA) is 39.2 Å². The second-order valence-corrected chi connectivity index (χ2v) is 1.14. The molecule has 0 amide bonds. The molecule has 0 unspecified atom stereocenters. The monoisotopic (exact) mass is 147 g/mol. The first kappa shape index (κ1) is 8.04. The molecule has 9 heavy (non-hydrogen) atoms. The van der Waals surface area contributed by atoms with Crippen molar-refractivity contribution in [3.8, 4) is 0 Å². The van der Waals surface area contributed by atoms with E-state index in [0.29, 0.717) is 0 Å². The summed E-state index contributed by atoms with van der Waals surface area (Å²) in [6.45, 7) is 0. The van der Waals surface area contributed by atoms with E-state index in [1.165, 1.54) is 12.5 Å². The van der Waals surface area contributed by atoms with Gasteiger partial charge in [-0.15, -0.1) is 12.4 Å². The van der Waals surface area contributed by atoms with E-state index >= 15 is 0 Å². The summed E-state index contributed by atoms with van der Waals surface area (Å²) >= 11 is 0. The van der Waals surface area contributed by atoms with Crippen molar-refractivity contribution >= 4 is 12.4 Å². The molecule has 0 aliphatic heterocycles. The van der Waals surface area contributed by atoms with Crippen LogP contribution in [-0.4, -0.2) is 5.16 Å². The van der Waals surface area contributed by atoms with E-state index in [9.17, 15) is 0 Å². The quantitative estimate of drug-likeness (QED) is 0.526. The Morgan fingerprint density at radius 2 is 2.00 bits per heavy atom. The highest BCUT2D eigenvalue weighted by atomic mass is 35.5. The fourth-order valence-corrected chi connectivity index (χ4v) is 0.301. The fourth-order valence-electron chi connectivity index (χ4n) is 0.301. The van der Waals surface area contributed by atoms with Gasteiger partial charge < -0.3 is 0 Å². The lowest BCUT2D eigenvalue weighted by Gasteiger charge is -1.69. The maximum atomic E-state index is 4.34. The largest absolute Gasteiger partial charge is 0.276 e. The molecule has 0 fully saturated rings. The van der Waals surface area contributed by atoms with E-state index in [2.05, 4.69) is 14.4 Å². The van der Waals surface area contributed by atoms with Crippen molar-refractivity contribution in [1.29, 1.82) is 0 Å². The highest BCUT2D eigenvalue weighted by Crippen LogP contribution is 1.75. The van der Waals surface area contributed by atoms with Crippen LogP contribution in [0.15, 0.2) is 39.9 Å². The summed E-state index contributed by atoms with van der Waals surface area (Å²) in [4.78, 5) is 0. The van der Waals surface area contributed by atoms with Gasteiger partial charge in [0, 0.05) is 0 Å². The molecule has 1 aromatic rings. The van der Waals surface area contributed by atoms with Crippen LogP contribution in [0.2, 0.25) is 0 Å². The van der Waals surface area contributed by atoms with Crippen LogP contribution >= 0.6 is 12.4 Å². The Kier molecular flexibility index (Phi) is 4.63. The molecule has 0 aliphatic carbocycles. The predicted octanol–water partition coefficient (Wildman–Crippen LogP) is 1.81. The molecule has 3 nitrogen and oxygen atoms in total. The van der Waals surface area contributed by atoms with Crippen LogP contribution in [0.3, 0.4) is 0 Å². The Morgan fingerprint density at radius 3 is 2.89 bits per heavy atom. The lowest BCUT2D eigenvalue weighted by molar-refractivity contribution is -0.0109. The van der Waals surface area contributed by atoms with Gasteiger partial charge in [0.25, 0.3) is 0 Å². The number of halogens is 1. The molecule has 1 aromatic heterocycles. The summed E-state index contributed by atoms with van der Waals surface area (Å²) in [5, 5.41) is 3.35. The maximum absolute atomic E-state index is 4.34. The van der Waals surface area contributed by atoms with E-state index in [1.807, 2.05) is 0 Å². The Morgan fingerprint density at radius 1 is 1.11 bits per heavy atom. The van der Waals surface area contributed by atoms with Gasteiger partial charge in [-0.3, -0.25) is 4.58 Å². The Labute approximate surface area is 58.3 Å². The molecular formula is C5H6ClNO2. The number of hydrogen-bond acceptors (Lipinski definition) is 3. The second kappa shape index (κ2) is 5.18. The molecule has 0 saturated heterocycles. The number of nitrogens with zero attached hydrogens (tertiary/aromatic N) is 1. The van der Waals surface area contributed by atoms with E-state index in [-0.39, 0.29) is 12.4 Å². The number of hydrogen-bond donors (Lipinski definition) is 0. The summed E-state index contributed by atoms with van der Waals surface area (Å²) in [6.07, 6.45) is 2.89. The summed E-state index contributed by atoms with van der Waals surface area (Å²) in [7, 11) is 0. The van der Waals surface area contributed by atoms with Crippen molar-refractivity contribution < 1.29 is 9.26 Å². The van der Waals surface area contributed by atoms with Crippen LogP contribution < -0.4 is 0 Å². The minimum atomic E-state index is 0. The number of rotatable bonds is 0. The molecule has 0 aliphatic rings. The lowest BCUT2D eigenvalue weighted by Crippen LogP contribution is -1.57. The third-order valence-electron chi connectivity index (χ3n) is 0.589. The van der Waals surface area contributed by atoms with Crippen LogP contribution in [0.4, 0.5) is 0 Å². The molecule has 4 heteroatoms. The van der Waals surface area contributed by atoms with E-state index < -0.39 is 0 Å². The predicted molar refractivity (Wildman–Crippen MR) is 33.6 cm³/mol. The first-order valence-electron chi connectivity index (χ1n) is 2.18. The molecular weight excluding hydrogens is 142 g/mol. The maximum Gasteiger partial charge on any atom is 0.145 e. The Bertz CT molecular complexity index is 120. The molecule has 0 bridgehead atoms. The van der Waals surface area contributed by atoms with Crippen LogP contribution in [0, 0.1) is 0 Å². The molecule has 1 heterocycles. The molecule has 1 rings (SSSR count). The van der Waals surface area contributed by atoms with Crippen molar-refractivity contribution in [3.05, 3.63) is 30.7 Å². The van der Waals surface area contributed by atoms with Crippen molar-refractivity contribution in [1.82, 2.24) is 5.16 Å². The summed E-state index contributed by atoms with van der Waals surface area (Å²) in [5.41, 5.74) is 0. The molecule has 0 saturated carbocycles. The van der Waals surface area contributed by atoms with Crippen LogP contribution in [0.5, 0.6) is 0 Å². The average molecular weight is 148 g/mol. The molecule has 0 radical (unpaired) electrons. The van der Waals surface area contributed by atoms with Crippen molar-refractivity contribution in [3.63, 3.8) is 0 Å². The highest BCUT2D eigenvalue weighted by Gasteiger charge is 1.60. The average Bonchev–Trinajstić information content (AvgIpc) is 1.62. The van der Waals surface area contributed by atoms with Gasteiger partial charge in [0.15, 0.2) is 0 Å². The zero-order valence-electron chi connectivity index (χ0n) is 4.56. The van der Waals surface area contributed by atoms with Crippen molar-refractivity contribution in [2.75, 3.05) is 0 Å². The van der Waals surface area contributed by atoms with Gasteiger partial charge in [-0.1, -0.05) is 6.07 Å². The van der Waals surface area contributed by atoms with E-state index in [1.54, 1.807) is 18.2 Å². The van der Waals surface area contributed by atoms with Crippen molar-refractivity contribution in [2.45, 2.75) is 0 Å². The van der Waals surface area contributed by atoms with Gasteiger partial charge in [0.2, 0.25) is 0 Å². The first-order chi connectivity index (χ1) is 4.00. The summed E-state index contributed by atoms with van der Waals surface area (Å²) in [6, 6.07) is 5.22. The molecule has 0 aromatic carbocycles. The van der Waals surface area contributed by atoms with Crippen LogP contribution in [0.1, 0.15) is 0 Å². The standard InChI is InChI=1S/C5H5NO2.ClH/c1-2-4-6-8-7-5-3-1;/h1-5H;1H. The lowest BCUT2D eigenvalue weighted by atomic mass is 10.6. The molecule has 0 atom stereocenters. The van der Waals surface area contributed by atoms with Gasteiger partial charge in [-0.2, -0.15) is 4.68 Å². The highest BCUT2D eigenvalue weighted by molar-refractivity contribution is 5.85. The third-order valence-corrected chi connectivity index (χ3v) is 0.589. The van der Waals surface area contributed by atoms with E-state index in [4.69, 9.17) is 0 Å². The van der Waals surface area contributed by atoms with Gasteiger partial charge in [-0.05, 0) is 17.3 Å². The zero-order chi connectivity index (χ0) is 5.66.